The van der Waals surface area contributed by atoms with E-state index in [1.807, 2.05) is 54.6 Å². The highest BCUT2D eigenvalue weighted by atomic mass is 32.2. The molecule has 0 fully saturated rings. The second-order valence-electron chi connectivity index (χ2n) is 6.17. The van der Waals surface area contributed by atoms with Crippen LogP contribution in [0.3, 0.4) is 0 Å². The molecular formula is C22H18N2OS. The molecule has 0 saturated carbocycles. The maximum Gasteiger partial charge on any atom is 0.252 e. The van der Waals surface area contributed by atoms with Crippen LogP contribution in [0.1, 0.15) is 21.5 Å². The number of nitrogens with zero attached hydrogens (tertiary/aromatic N) is 1. The second-order valence-corrected chi connectivity index (χ2v) is 7.32. The number of benzene rings is 3. The van der Waals surface area contributed by atoms with Crippen molar-refractivity contribution >= 4 is 29.1 Å². The van der Waals surface area contributed by atoms with Gasteiger partial charge in [-0.15, -0.1) is 0 Å². The standard InChI is InChI=1S/C22H18N2OS/c1-15-11-13-16(14-12-15)20-22(24-21(25)17-7-3-2-4-8-17)26-19-10-6-5-9-18(19)23-20/h2-14,22H,1H3,(H,24,25). The van der Waals surface area contributed by atoms with Crippen LogP contribution >= 0.6 is 11.8 Å². The third-order valence-corrected chi connectivity index (χ3v) is 5.42. The molecule has 1 unspecified atom stereocenters. The average Bonchev–Trinajstić information content (AvgIpc) is 2.69. The first-order chi connectivity index (χ1) is 12.7. The second kappa shape index (κ2) is 7.18. The average molecular weight is 358 g/mol. The highest BCUT2D eigenvalue weighted by Gasteiger charge is 2.26. The van der Waals surface area contributed by atoms with Crippen LogP contribution in [0.5, 0.6) is 0 Å². The number of hydrogen-bond acceptors (Lipinski definition) is 3. The van der Waals surface area contributed by atoms with Crippen molar-refractivity contribution in [1.82, 2.24) is 5.32 Å². The van der Waals surface area contributed by atoms with Crippen LogP contribution < -0.4 is 5.32 Å². The van der Waals surface area contributed by atoms with Gasteiger partial charge in [-0.2, -0.15) is 0 Å². The molecular weight excluding hydrogens is 340 g/mol. The lowest BCUT2D eigenvalue weighted by molar-refractivity contribution is 0.0956. The lowest BCUT2D eigenvalue weighted by Crippen LogP contribution is -2.39. The van der Waals surface area contributed by atoms with E-state index in [0.29, 0.717) is 5.56 Å². The van der Waals surface area contributed by atoms with Crippen molar-refractivity contribution in [3.8, 4) is 0 Å². The van der Waals surface area contributed by atoms with Crippen molar-refractivity contribution in [3.63, 3.8) is 0 Å². The number of para-hydroxylation sites is 1. The van der Waals surface area contributed by atoms with Gasteiger partial charge in [0.1, 0.15) is 5.37 Å². The van der Waals surface area contributed by atoms with Crippen LogP contribution in [0.25, 0.3) is 0 Å². The first-order valence-corrected chi connectivity index (χ1v) is 9.36. The van der Waals surface area contributed by atoms with Gasteiger partial charge < -0.3 is 5.32 Å². The van der Waals surface area contributed by atoms with Crippen LogP contribution in [-0.4, -0.2) is 17.0 Å². The molecule has 1 aliphatic heterocycles. The monoisotopic (exact) mass is 358 g/mol. The Balaban J connectivity index is 1.70. The number of thioether (sulfide) groups is 1. The summed E-state index contributed by atoms with van der Waals surface area (Å²) in [5.74, 6) is -0.0951. The maximum atomic E-state index is 12.7. The van der Waals surface area contributed by atoms with Crippen LogP contribution in [0, 0.1) is 6.92 Å². The van der Waals surface area contributed by atoms with Crippen molar-refractivity contribution in [1.29, 1.82) is 0 Å². The third-order valence-electron chi connectivity index (χ3n) is 4.24. The van der Waals surface area contributed by atoms with Gasteiger partial charge in [0.15, 0.2) is 0 Å². The fraction of sp³-hybridized carbons (Fsp3) is 0.0909. The molecule has 4 heteroatoms. The number of rotatable bonds is 3. The molecule has 1 N–H and O–H groups in total. The molecule has 3 aromatic carbocycles. The predicted molar refractivity (Wildman–Crippen MR) is 107 cm³/mol. The SMILES string of the molecule is Cc1ccc(C2=Nc3ccccc3SC2NC(=O)c2ccccc2)cc1. The minimum atomic E-state index is -0.236. The Morgan fingerprint density at radius 3 is 2.38 bits per heavy atom. The molecule has 26 heavy (non-hydrogen) atoms. The van der Waals surface area contributed by atoms with Gasteiger partial charge in [-0.25, -0.2) is 4.99 Å². The minimum absolute atomic E-state index is 0.0951. The van der Waals surface area contributed by atoms with E-state index in [-0.39, 0.29) is 11.3 Å². The Hall–Kier alpha value is -2.85. The summed E-state index contributed by atoms with van der Waals surface area (Å²) in [6, 6.07) is 25.6. The maximum absolute atomic E-state index is 12.7. The molecule has 1 heterocycles. The summed E-state index contributed by atoms with van der Waals surface area (Å²) < 4.78 is 0. The number of amides is 1. The van der Waals surface area contributed by atoms with E-state index in [4.69, 9.17) is 4.99 Å². The van der Waals surface area contributed by atoms with Crippen molar-refractivity contribution in [2.75, 3.05) is 0 Å². The summed E-state index contributed by atoms with van der Waals surface area (Å²) in [4.78, 5) is 18.6. The van der Waals surface area contributed by atoms with Gasteiger partial charge in [0.2, 0.25) is 0 Å². The molecule has 1 atom stereocenters. The van der Waals surface area contributed by atoms with E-state index in [0.717, 1.165) is 21.9 Å². The molecule has 0 aromatic heterocycles. The number of nitrogens with one attached hydrogen (secondary N) is 1. The molecule has 0 spiro atoms. The van der Waals surface area contributed by atoms with Crippen molar-refractivity contribution in [2.45, 2.75) is 17.2 Å². The molecule has 0 bridgehead atoms. The summed E-state index contributed by atoms with van der Waals surface area (Å²) in [7, 11) is 0. The molecule has 1 amide bonds. The van der Waals surface area contributed by atoms with E-state index < -0.39 is 0 Å². The Bertz CT molecular complexity index is 965. The number of carbonyl (C=O) groups is 1. The molecule has 0 radical (unpaired) electrons. The first-order valence-electron chi connectivity index (χ1n) is 8.48. The van der Waals surface area contributed by atoms with E-state index >= 15 is 0 Å². The van der Waals surface area contributed by atoms with Gasteiger partial charge in [-0.05, 0) is 36.8 Å². The first kappa shape index (κ1) is 16.6. The number of aliphatic imine (C=N–C) groups is 1. The molecule has 128 valence electrons. The summed E-state index contributed by atoms with van der Waals surface area (Å²) in [5.41, 5.74) is 4.69. The van der Waals surface area contributed by atoms with E-state index in [2.05, 4.69) is 36.5 Å². The van der Waals surface area contributed by atoms with Crippen molar-refractivity contribution in [3.05, 3.63) is 95.6 Å². The highest BCUT2D eigenvalue weighted by Crippen LogP contribution is 2.38. The zero-order chi connectivity index (χ0) is 17.9. The van der Waals surface area contributed by atoms with Gasteiger partial charge in [0.25, 0.3) is 5.91 Å². The number of fused-ring (bicyclic) bond motifs is 1. The van der Waals surface area contributed by atoms with Gasteiger partial charge in [0, 0.05) is 10.5 Å². The largest absolute Gasteiger partial charge is 0.334 e. The highest BCUT2D eigenvalue weighted by molar-refractivity contribution is 8.00. The van der Waals surface area contributed by atoms with Crippen molar-refractivity contribution in [2.24, 2.45) is 4.99 Å². The Labute approximate surface area is 157 Å². The number of carbonyl (C=O) groups excluding carboxylic acids is 1. The van der Waals surface area contributed by atoms with E-state index in [9.17, 15) is 4.79 Å². The quantitative estimate of drug-likeness (QED) is 0.717. The lowest BCUT2D eigenvalue weighted by atomic mass is 10.1. The zero-order valence-corrected chi connectivity index (χ0v) is 15.2. The van der Waals surface area contributed by atoms with Gasteiger partial charge in [-0.3, -0.25) is 4.79 Å². The van der Waals surface area contributed by atoms with E-state index in [1.54, 1.807) is 11.8 Å². The lowest BCUT2D eigenvalue weighted by Gasteiger charge is -2.25. The number of hydrogen-bond donors (Lipinski definition) is 1. The van der Waals surface area contributed by atoms with Crippen molar-refractivity contribution < 1.29 is 4.79 Å². The van der Waals surface area contributed by atoms with Gasteiger partial charge in [0.05, 0.1) is 11.4 Å². The molecule has 3 aromatic rings. The summed E-state index contributed by atoms with van der Waals surface area (Å²) in [6.07, 6.45) is 0. The minimum Gasteiger partial charge on any atom is -0.334 e. The van der Waals surface area contributed by atoms with Crippen LogP contribution in [-0.2, 0) is 0 Å². The van der Waals surface area contributed by atoms with Gasteiger partial charge >= 0.3 is 0 Å². The Kier molecular flexibility index (Phi) is 4.59. The zero-order valence-electron chi connectivity index (χ0n) is 14.3. The van der Waals surface area contributed by atoms with E-state index in [1.165, 1.54) is 5.56 Å². The molecule has 3 nitrogen and oxygen atoms in total. The fourth-order valence-electron chi connectivity index (χ4n) is 2.85. The molecule has 1 aliphatic rings. The third kappa shape index (κ3) is 3.41. The Morgan fingerprint density at radius 2 is 1.62 bits per heavy atom. The van der Waals surface area contributed by atoms with Gasteiger partial charge in [-0.1, -0.05) is 71.9 Å². The predicted octanol–water partition coefficient (Wildman–Crippen LogP) is 4.98. The Morgan fingerprint density at radius 1 is 0.923 bits per heavy atom. The topological polar surface area (TPSA) is 41.5 Å². The molecule has 0 aliphatic carbocycles. The number of aryl methyl sites for hydroxylation is 1. The van der Waals surface area contributed by atoms with Crippen LogP contribution in [0.2, 0.25) is 0 Å². The molecule has 4 rings (SSSR count). The smallest absolute Gasteiger partial charge is 0.252 e. The molecule has 0 saturated heterocycles. The summed E-state index contributed by atoms with van der Waals surface area (Å²) in [5, 5.41) is 2.90. The summed E-state index contributed by atoms with van der Waals surface area (Å²) >= 11 is 1.62. The summed E-state index contributed by atoms with van der Waals surface area (Å²) in [6.45, 7) is 2.06. The van der Waals surface area contributed by atoms with Crippen LogP contribution in [0.15, 0.2) is 88.8 Å². The normalized spacial score (nSPS) is 15.7. The van der Waals surface area contributed by atoms with Crippen LogP contribution in [0.4, 0.5) is 5.69 Å². The fourth-order valence-corrected chi connectivity index (χ4v) is 3.96.